The first-order chi connectivity index (χ1) is 9.94. The largest absolute Gasteiger partial charge is 0.465 e. The van der Waals surface area contributed by atoms with E-state index in [1.807, 2.05) is 0 Å². The zero-order chi connectivity index (χ0) is 15.5. The van der Waals surface area contributed by atoms with Crippen molar-refractivity contribution in [2.45, 2.75) is 4.90 Å². The molecule has 0 aliphatic carbocycles. The minimum absolute atomic E-state index is 0.0384. The van der Waals surface area contributed by atoms with Crippen LogP contribution in [0, 0.1) is 0 Å². The van der Waals surface area contributed by atoms with Gasteiger partial charge in [0.2, 0.25) is 0 Å². The van der Waals surface area contributed by atoms with Crippen LogP contribution in [0.2, 0.25) is 5.15 Å². The second kappa shape index (κ2) is 6.06. The third-order valence-corrected chi connectivity index (χ3v) is 4.02. The van der Waals surface area contributed by atoms with Crippen molar-refractivity contribution in [3.05, 3.63) is 47.4 Å². The molecular weight excluding hydrogens is 318 g/mol. The lowest BCUT2D eigenvalue weighted by molar-refractivity contribution is 0.0596. The number of nitrogens with zero attached hydrogens (tertiary/aromatic N) is 2. The molecule has 1 N–H and O–H groups in total. The second-order valence-electron chi connectivity index (χ2n) is 3.82. The number of halogens is 1. The SMILES string of the molecule is COC(=O)c1ccccc1S(=O)(=O)Nc1cncc(Cl)n1. The molecule has 0 aliphatic rings. The Labute approximate surface area is 126 Å². The Kier molecular flexibility index (Phi) is 4.39. The molecule has 21 heavy (non-hydrogen) atoms. The van der Waals surface area contributed by atoms with Gasteiger partial charge in [-0.05, 0) is 12.1 Å². The maximum absolute atomic E-state index is 12.3. The Balaban J connectivity index is 2.43. The Bertz CT molecular complexity index is 780. The topological polar surface area (TPSA) is 98.2 Å². The highest BCUT2D eigenvalue weighted by Gasteiger charge is 2.23. The quantitative estimate of drug-likeness (QED) is 0.858. The Hall–Kier alpha value is -2.19. The summed E-state index contributed by atoms with van der Waals surface area (Å²) < 4.78 is 31.4. The number of ether oxygens (including phenoxy) is 1. The first-order valence-electron chi connectivity index (χ1n) is 5.62. The first-order valence-corrected chi connectivity index (χ1v) is 7.48. The zero-order valence-corrected chi connectivity index (χ0v) is 12.4. The van der Waals surface area contributed by atoms with Crippen molar-refractivity contribution in [1.29, 1.82) is 0 Å². The van der Waals surface area contributed by atoms with Gasteiger partial charge in [-0.1, -0.05) is 23.7 Å². The van der Waals surface area contributed by atoms with Crippen molar-refractivity contribution < 1.29 is 17.9 Å². The standard InChI is InChI=1S/C12H10ClN3O4S/c1-20-12(17)8-4-2-3-5-9(8)21(18,19)16-11-7-14-6-10(13)15-11/h2-7H,1H3,(H,15,16). The monoisotopic (exact) mass is 327 g/mol. The molecule has 0 unspecified atom stereocenters. The number of anilines is 1. The van der Waals surface area contributed by atoms with Crippen LogP contribution in [0.1, 0.15) is 10.4 Å². The van der Waals surface area contributed by atoms with Crippen LogP contribution < -0.4 is 4.72 Å². The minimum atomic E-state index is -4.03. The van der Waals surface area contributed by atoms with Gasteiger partial charge in [0.05, 0.1) is 25.1 Å². The van der Waals surface area contributed by atoms with Gasteiger partial charge >= 0.3 is 5.97 Å². The van der Waals surface area contributed by atoms with E-state index >= 15 is 0 Å². The lowest BCUT2D eigenvalue weighted by atomic mass is 10.2. The molecule has 0 aliphatic heterocycles. The van der Waals surface area contributed by atoms with Gasteiger partial charge in [-0.25, -0.2) is 18.2 Å². The van der Waals surface area contributed by atoms with Crippen LogP contribution in [0.15, 0.2) is 41.6 Å². The third kappa shape index (κ3) is 3.47. The fraction of sp³-hybridized carbons (Fsp3) is 0.0833. The number of esters is 1. The van der Waals surface area contributed by atoms with E-state index in [1.165, 1.54) is 43.8 Å². The van der Waals surface area contributed by atoms with Crippen LogP contribution in [-0.4, -0.2) is 31.5 Å². The molecular formula is C12H10ClN3O4S. The van der Waals surface area contributed by atoms with E-state index in [0.29, 0.717) is 0 Å². The van der Waals surface area contributed by atoms with Crippen LogP contribution in [0.25, 0.3) is 0 Å². The summed E-state index contributed by atoms with van der Waals surface area (Å²) in [6, 6.07) is 5.66. The lowest BCUT2D eigenvalue weighted by Crippen LogP contribution is -2.18. The van der Waals surface area contributed by atoms with Gasteiger partial charge in [-0.15, -0.1) is 0 Å². The molecule has 2 aromatic rings. The molecule has 0 bridgehead atoms. The summed E-state index contributed by atoms with van der Waals surface area (Å²) in [7, 11) is -2.86. The Morgan fingerprint density at radius 2 is 2.00 bits per heavy atom. The van der Waals surface area contributed by atoms with Gasteiger partial charge < -0.3 is 4.74 Å². The predicted molar refractivity (Wildman–Crippen MR) is 75.6 cm³/mol. The molecule has 1 aromatic carbocycles. The smallest absolute Gasteiger partial charge is 0.339 e. The molecule has 7 nitrogen and oxygen atoms in total. The van der Waals surface area contributed by atoms with E-state index in [-0.39, 0.29) is 21.4 Å². The minimum Gasteiger partial charge on any atom is -0.465 e. The normalized spacial score (nSPS) is 11.0. The first kappa shape index (κ1) is 15.2. The van der Waals surface area contributed by atoms with E-state index < -0.39 is 16.0 Å². The third-order valence-electron chi connectivity index (χ3n) is 2.43. The average molecular weight is 328 g/mol. The Morgan fingerprint density at radius 3 is 2.67 bits per heavy atom. The number of carbonyl (C=O) groups excluding carboxylic acids is 1. The highest BCUT2D eigenvalue weighted by molar-refractivity contribution is 7.92. The number of hydrogen-bond acceptors (Lipinski definition) is 6. The predicted octanol–water partition coefficient (Wildman–Crippen LogP) is 1.72. The van der Waals surface area contributed by atoms with Crippen molar-refractivity contribution in [2.75, 3.05) is 11.8 Å². The van der Waals surface area contributed by atoms with Gasteiger partial charge in [-0.3, -0.25) is 9.71 Å². The molecule has 0 saturated carbocycles. The maximum atomic E-state index is 12.3. The van der Waals surface area contributed by atoms with E-state index in [9.17, 15) is 13.2 Å². The number of aromatic nitrogens is 2. The molecule has 0 amide bonds. The van der Waals surface area contributed by atoms with Crippen molar-refractivity contribution >= 4 is 33.4 Å². The number of carbonyl (C=O) groups is 1. The molecule has 0 fully saturated rings. The summed E-state index contributed by atoms with van der Waals surface area (Å²) in [4.78, 5) is 18.9. The number of nitrogens with one attached hydrogen (secondary N) is 1. The number of hydrogen-bond donors (Lipinski definition) is 1. The molecule has 9 heteroatoms. The molecule has 0 atom stereocenters. The number of sulfonamides is 1. The van der Waals surface area contributed by atoms with E-state index in [0.717, 1.165) is 0 Å². The highest BCUT2D eigenvalue weighted by atomic mass is 35.5. The van der Waals surface area contributed by atoms with Crippen molar-refractivity contribution in [3.8, 4) is 0 Å². The molecule has 1 aromatic heterocycles. The summed E-state index contributed by atoms with van der Waals surface area (Å²) >= 11 is 5.64. The van der Waals surface area contributed by atoms with Gasteiger partial charge in [-0.2, -0.15) is 0 Å². The fourth-order valence-corrected chi connectivity index (χ4v) is 2.89. The number of methoxy groups -OCH3 is 1. The van der Waals surface area contributed by atoms with Crippen molar-refractivity contribution in [2.24, 2.45) is 0 Å². The maximum Gasteiger partial charge on any atom is 0.339 e. The second-order valence-corrected chi connectivity index (χ2v) is 5.86. The van der Waals surface area contributed by atoms with Gasteiger partial charge in [0.25, 0.3) is 10.0 Å². The molecule has 110 valence electrons. The van der Waals surface area contributed by atoms with Crippen molar-refractivity contribution in [1.82, 2.24) is 9.97 Å². The van der Waals surface area contributed by atoms with Gasteiger partial charge in [0.1, 0.15) is 10.0 Å². The van der Waals surface area contributed by atoms with Crippen LogP contribution >= 0.6 is 11.6 Å². The van der Waals surface area contributed by atoms with Gasteiger partial charge in [0.15, 0.2) is 5.82 Å². The summed E-state index contributed by atoms with van der Waals surface area (Å²) in [5, 5.41) is 0.0384. The van der Waals surface area contributed by atoms with Crippen molar-refractivity contribution in [3.63, 3.8) is 0 Å². The van der Waals surface area contributed by atoms with E-state index in [2.05, 4.69) is 19.4 Å². The molecule has 2 rings (SSSR count). The summed E-state index contributed by atoms with van der Waals surface area (Å²) in [6.45, 7) is 0. The van der Waals surface area contributed by atoms with Gasteiger partial charge in [0, 0.05) is 0 Å². The molecule has 0 radical (unpaired) electrons. The summed E-state index contributed by atoms with van der Waals surface area (Å²) in [6.07, 6.45) is 2.46. The average Bonchev–Trinajstić information content (AvgIpc) is 2.46. The van der Waals surface area contributed by atoms with Crippen LogP contribution in [0.3, 0.4) is 0 Å². The van der Waals surface area contributed by atoms with Crippen LogP contribution in [-0.2, 0) is 14.8 Å². The molecule has 0 spiro atoms. The zero-order valence-electron chi connectivity index (χ0n) is 10.8. The Morgan fingerprint density at radius 1 is 1.29 bits per heavy atom. The molecule has 0 saturated heterocycles. The van der Waals surface area contributed by atoms with Crippen LogP contribution in [0.4, 0.5) is 5.82 Å². The number of rotatable bonds is 4. The lowest BCUT2D eigenvalue weighted by Gasteiger charge is -2.10. The van der Waals surface area contributed by atoms with E-state index in [1.54, 1.807) is 0 Å². The van der Waals surface area contributed by atoms with E-state index in [4.69, 9.17) is 11.6 Å². The molecule has 1 heterocycles. The number of benzene rings is 1. The highest BCUT2D eigenvalue weighted by Crippen LogP contribution is 2.19. The summed E-state index contributed by atoms with van der Waals surface area (Å²) in [5.41, 5.74) is -0.0810. The fourth-order valence-electron chi connectivity index (χ4n) is 1.56. The van der Waals surface area contributed by atoms with Crippen LogP contribution in [0.5, 0.6) is 0 Å². The summed E-state index contributed by atoms with van der Waals surface area (Å²) in [5.74, 6) is -0.810.